The van der Waals surface area contributed by atoms with Crippen molar-refractivity contribution in [3.63, 3.8) is 0 Å². The molecule has 3 rings (SSSR count). The van der Waals surface area contributed by atoms with Crippen LogP contribution in [-0.2, 0) is 0 Å². The highest BCUT2D eigenvalue weighted by Gasteiger charge is 2.14. The molecule has 0 aliphatic rings. The fourth-order valence-electron chi connectivity index (χ4n) is 2.92. The van der Waals surface area contributed by atoms with E-state index in [9.17, 15) is 10.2 Å². The molecule has 25 heavy (non-hydrogen) atoms. The van der Waals surface area contributed by atoms with E-state index in [2.05, 4.69) is 28.1 Å². The third-order valence-electron chi connectivity index (χ3n) is 4.08. The number of halogens is 1. The fraction of sp³-hybridized carbons (Fsp3) is 0.0909. The third-order valence-corrected chi connectivity index (χ3v) is 4.48. The number of alkyl halides is 1. The smallest absolute Gasteiger partial charge is 0.115 e. The number of phenolic OH excluding ortho intramolecular Hbond substituents is 2. The molecule has 0 unspecified atom stereocenters. The van der Waals surface area contributed by atoms with Crippen molar-refractivity contribution in [3.05, 3.63) is 95.6 Å². The molecule has 0 aromatic heterocycles. The predicted molar refractivity (Wildman–Crippen MR) is 107 cm³/mol. The molecular weight excluding hydrogens is 376 g/mol. The third kappa shape index (κ3) is 4.12. The first-order chi connectivity index (χ1) is 12.2. The number of aromatic hydroxyl groups is 2. The van der Waals surface area contributed by atoms with Crippen LogP contribution in [0.15, 0.2) is 78.9 Å². The lowest BCUT2D eigenvalue weighted by molar-refractivity contribution is 0.474. The maximum absolute atomic E-state index is 9.65. The summed E-state index contributed by atoms with van der Waals surface area (Å²) in [6.07, 6.45) is 0.843. The zero-order chi connectivity index (χ0) is 17.6. The Morgan fingerprint density at radius 3 is 1.64 bits per heavy atom. The monoisotopic (exact) mass is 394 g/mol. The molecule has 3 heteroatoms. The van der Waals surface area contributed by atoms with E-state index in [1.807, 2.05) is 42.5 Å². The van der Waals surface area contributed by atoms with Gasteiger partial charge in [-0.2, -0.15) is 0 Å². The molecule has 0 spiro atoms. The van der Waals surface area contributed by atoms with E-state index in [0.717, 1.165) is 34.0 Å². The highest BCUT2D eigenvalue weighted by Crippen LogP contribution is 2.35. The van der Waals surface area contributed by atoms with Crippen LogP contribution in [0.4, 0.5) is 0 Å². The Morgan fingerprint density at radius 2 is 1.12 bits per heavy atom. The van der Waals surface area contributed by atoms with Gasteiger partial charge in [-0.3, -0.25) is 0 Å². The van der Waals surface area contributed by atoms with Crippen LogP contribution in [0, 0.1) is 0 Å². The van der Waals surface area contributed by atoms with Crippen LogP contribution in [0.1, 0.15) is 23.1 Å². The Hall–Kier alpha value is -2.52. The summed E-state index contributed by atoms with van der Waals surface area (Å²) < 4.78 is 0. The Morgan fingerprint density at radius 1 is 0.640 bits per heavy atom. The first kappa shape index (κ1) is 17.3. The van der Waals surface area contributed by atoms with Crippen molar-refractivity contribution in [2.75, 3.05) is 5.33 Å². The standard InChI is InChI=1S/C22H19BrO2/c23-15-14-21(16-6-10-19(24)11-7-16)22(17-4-2-1-3-5-17)18-8-12-20(25)13-9-18/h1-13,24-25H,14-15H2. The first-order valence-corrected chi connectivity index (χ1v) is 9.24. The lowest BCUT2D eigenvalue weighted by atomic mass is 9.88. The second-order valence-electron chi connectivity index (χ2n) is 5.75. The summed E-state index contributed by atoms with van der Waals surface area (Å²) in [5.74, 6) is 0.510. The van der Waals surface area contributed by atoms with E-state index in [1.165, 1.54) is 5.57 Å². The maximum atomic E-state index is 9.65. The van der Waals surface area contributed by atoms with Gasteiger partial charge in [0.2, 0.25) is 0 Å². The molecule has 0 saturated carbocycles. The summed E-state index contributed by atoms with van der Waals surface area (Å²) in [5, 5.41) is 20.1. The van der Waals surface area contributed by atoms with E-state index < -0.39 is 0 Å². The van der Waals surface area contributed by atoms with Gasteiger partial charge in [-0.15, -0.1) is 0 Å². The van der Waals surface area contributed by atoms with Crippen LogP contribution in [0.2, 0.25) is 0 Å². The maximum Gasteiger partial charge on any atom is 0.115 e. The molecule has 0 aliphatic carbocycles. The average molecular weight is 395 g/mol. The number of allylic oxidation sites excluding steroid dienone is 1. The molecule has 2 nitrogen and oxygen atoms in total. The van der Waals surface area contributed by atoms with Gasteiger partial charge in [-0.25, -0.2) is 0 Å². The van der Waals surface area contributed by atoms with Gasteiger partial charge < -0.3 is 10.2 Å². The van der Waals surface area contributed by atoms with Crippen LogP contribution in [0.25, 0.3) is 11.1 Å². The lowest BCUT2D eigenvalue weighted by Gasteiger charge is -2.17. The molecule has 3 aromatic carbocycles. The SMILES string of the molecule is Oc1ccc(C(CCBr)=C(c2ccccc2)c2ccc(O)cc2)cc1. The molecule has 0 fully saturated rings. The van der Waals surface area contributed by atoms with Crippen molar-refractivity contribution < 1.29 is 10.2 Å². The first-order valence-electron chi connectivity index (χ1n) is 8.12. The van der Waals surface area contributed by atoms with E-state index >= 15 is 0 Å². The van der Waals surface area contributed by atoms with Crippen molar-refractivity contribution in [1.29, 1.82) is 0 Å². The minimum atomic E-state index is 0.253. The minimum absolute atomic E-state index is 0.253. The summed E-state index contributed by atoms with van der Waals surface area (Å²) in [5.41, 5.74) is 5.56. The summed E-state index contributed by atoms with van der Waals surface area (Å²) in [6.45, 7) is 0. The van der Waals surface area contributed by atoms with Gasteiger partial charge >= 0.3 is 0 Å². The Bertz CT molecular complexity index is 851. The molecule has 0 amide bonds. The fourth-order valence-corrected chi connectivity index (χ4v) is 3.32. The second-order valence-corrected chi connectivity index (χ2v) is 6.55. The predicted octanol–water partition coefficient (Wildman–Crippen LogP) is 5.84. The lowest BCUT2D eigenvalue weighted by Crippen LogP contribution is -1.96. The van der Waals surface area contributed by atoms with Crippen LogP contribution in [-0.4, -0.2) is 15.5 Å². The van der Waals surface area contributed by atoms with Crippen molar-refractivity contribution in [1.82, 2.24) is 0 Å². The molecular formula is C22H19BrO2. The van der Waals surface area contributed by atoms with Gasteiger partial charge in [0.25, 0.3) is 0 Å². The van der Waals surface area contributed by atoms with Crippen molar-refractivity contribution in [3.8, 4) is 11.5 Å². The Balaban J connectivity index is 2.26. The second kappa shape index (κ2) is 8.04. The summed E-state index contributed by atoms with van der Waals surface area (Å²) in [6, 6.07) is 24.8. The molecule has 126 valence electrons. The molecule has 0 saturated heterocycles. The van der Waals surface area contributed by atoms with Gasteiger partial charge in [-0.1, -0.05) is 70.5 Å². The summed E-state index contributed by atoms with van der Waals surface area (Å²) in [4.78, 5) is 0. The summed E-state index contributed by atoms with van der Waals surface area (Å²) >= 11 is 3.56. The van der Waals surface area contributed by atoms with Crippen LogP contribution in [0.5, 0.6) is 11.5 Å². The molecule has 0 aliphatic heterocycles. The molecule has 2 N–H and O–H groups in total. The number of phenols is 2. The molecule has 0 heterocycles. The van der Waals surface area contributed by atoms with Gasteiger partial charge in [-0.05, 0) is 58.5 Å². The molecule has 0 atom stereocenters. The van der Waals surface area contributed by atoms with Crippen molar-refractivity contribution in [2.45, 2.75) is 6.42 Å². The Kier molecular flexibility index (Phi) is 5.56. The average Bonchev–Trinajstić information content (AvgIpc) is 2.64. The normalized spacial score (nSPS) is 11.9. The van der Waals surface area contributed by atoms with Crippen molar-refractivity contribution >= 4 is 27.1 Å². The van der Waals surface area contributed by atoms with Gasteiger partial charge in [0.15, 0.2) is 0 Å². The number of hydrogen-bond acceptors (Lipinski definition) is 2. The topological polar surface area (TPSA) is 40.5 Å². The van der Waals surface area contributed by atoms with Crippen LogP contribution in [0.3, 0.4) is 0 Å². The van der Waals surface area contributed by atoms with Crippen LogP contribution >= 0.6 is 15.9 Å². The van der Waals surface area contributed by atoms with E-state index in [-0.39, 0.29) is 11.5 Å². The summed E-state index contributed by atoms with van der Waals surface area (Å²) in [7, 11) is 0. The number of hydrogen-bond donors (Lipinski definition) is 2. The molecule has 0 bridgehead atoms. The molecule has 3 aromatic rings. The van der Waals surface area contributed by atoms with Gasteiger partial charge in [0, 0.05) is 5.33 Å². The van der Waals surface area contributed by atoms with Gasteiger partial charge in [0.1, 0.15) is 11.5 Å². The van der Waals surface area contributed by atoms with Gasteiger partial charge in [0.05, 0.1) is 0 Å². The minimum Gasteiger partial charge on any atom is -0.508 e. The highest BCUT2D eigenvalue weighted by atomic mass is 79.9. The quantitative estimate of drug-likeness (QED) is 0.421. The van der Waals surface area contributed by atoms with E-state index in [4.69, 9.17) is 0 Å². The molecule has 0 radical (unpaired) electrons. The van der Waals surface area contributed by atoms with E-state index in [1.54, 1.807) is 24.3 Å². The largest absolute Gasteiger partial charge is 0.508 e. The van der Waals surface area contributed by atoms with Crippen molar-refractivity contribution in [2.24, 2.45) is 0 Å². The zero-order valence-electron chi connectivity index (χ0n) is 13.7. The zero-order valence-corrected chi connectivity index (χ0v) is 15.3. The number of benzene rings is 3. The number of rotatable bonds is 5. The van der Waals surface area contributed by atoms with E-state index in [0.29, 0.717) is 0 Å². The Labute approximate surface area is 156 Å². The van der Waals surface area contributed by atoms with Crippen LogP contribution < -0.4 is 0 Å². The highest BCUT2D eigenvalue weighted by molar-refractivity contribution is 9.09.